The van der Waals surface area contributed by atoms with Gasteiger partial charge in [0.1, 0.15) is 0 Å². The van der Waals surface area contributed by atoms with Crippen LogP contribution in [-0.4, -0.2) is 5.78 Å². The van der Waals surface area contributed by atoms with E-state index in [9.17, 15) is 4.79 Å². The second-order valence-corrected chi connectivity index (χ2v) is 4.45. The lowest BCUT2D eigenvalue weighted by Gasteiger charge is -1.94. The molecular formula is C15H13ClNO+. The third kappa shape index (κ3) is 3.28. The molecule has 0 aliphatic carbocycles. The summed E-state index contributed by atoms with van der Waals surface area (Å²) >= 11 is 5.77. The van der Waals surface area contributed by atoms with Crippen molar-refractivity contribution in [3.05, 3.63) is 71.0 Å². The highest BCUT2D eigenvalue weighted by Crippen LogP contribution is 2.10. The largest absolute Gasteiger partial charge is 0.289 e. The van der Waals surface area contributed by atoms with Gasteiger partial charge >= 0.3 is 0 Å². The van der Waals surface area contributed by atoms with Crippen LogP contribution in [0.1, 0.15) is 15.9 Å². The van der Waals surface area contributed by atoms with Crippen LogP contribution in [0.25, 0.3) is 6.20 Å². The van der Waals surface area contributed by atoms with Crippen LogP contribution in [0.15, 0.2) is 54.9 Å². The van der Waals surface area contributed by atoms with Gasteiger partial charge in [0.15, 0.2) is 24.4 Å². The third-order valence-corrected chi connectivity index (χ3v) is 2.75. The van der Waals surface area contributed by atoms with Crippen molar-refractivity contribution in [2.45, 2.75) is 6.92 Å². The lowest BCUT2D eigenvalue weighted by molar-refractivity contribution is -0.568. The van der Waals surface area contributed by atoms with Crippen molar-refractivity contribution in [3.8, 4) is 0 Å². The normalized spacial score (nSPS) is 10.8. The Kier molecular flexibility index (Phi) is 3.90. The number of nitrogens with zero attached hydrogens (tertiary/aromatic N) is 1. The summed E-state index contributed by atoms with van der Waals surface area (Å²) in [7, 11) is 0. The molecule has 0 spiro atoms. The fourth-order valence-electron chi connectivity index (χ4n) is 1.57. The van der Waals surface area contributed by atoms with E-state index in [1.807, 2.05) is 36.0 Å². The molecule has 0 N–H and O–H groups in total. The Balaban J connectivity index is 2.14. The van der Waals surface area contributed by atoms with Crippen molar-refractivity contribution in [2.75, 3.05) is 0 Å². The van der Waals surface area contributed by atoms with Crippen molar-refractivity contribution in [3.63, 3.8) is 0 Å². The lowest BCUT2D eigenvalue weighted by Crippen LogP contribution is -2.25. The molecule has 0 atom stereocenters. The van der Waals surface area contributed by atoms with E-state index in [4.69, 9.17) is 11.6 Å². The fraction of sp³-hybridized carbons (Fsp3) is 0.0667. The standard InChI is InChI=1S/C15H13ClNO/c1-12-3-2-9-17(11-12)10-8-15(18)13-4-6-14(16)7-5-13/h2-11H,1H3/q+1/b10-8-. The zero-order chi connectivity index (χ0) is 13.0. The van der Waals surface area contributed by atoms with E-state index < -0.39 is 0 Å². The topological polar surface area (TPSA) is 20.9 Å². The van der Waals surface area contributed by atoms with Crippen molar-refractivity contribution >= 4 is 23.6 Å². The molecule has 2 nitrogen and oxygen atoms in total. The lowest BCUT2D eigenvalue weighted by atomic mass is 10.1. The van der Waals surface area contributed by atoms with Crippen LogP contribution in [0.4, 0.5) is 0 Å². The zero-order valence-corrected chi connectivity index (χ0v) is 10.8. The second-order valence-electron chi connectivity index (χ2n) is 4.02. The van der Waals surface area contributed by atoms with Crippen LogP contribution in [0.5, 0.6) is 0 Å². The maximum Gasteiger partial charge on any atom is 0.191 e. The summed E-state index contributed by atoms with van der Waals surface area (Å²) in [6, 6.07) is 10.8. The first kappa shape index (κ1) is 12.5. The van der Waals surface area contributed by atoms with Crippen LogP contribution >= 0.6 is 11.6 Å². The summed E-state index contributed by atoms with van der Waals surface area (Å²) in [6.45, 7) is 2.01. The van der Waals surface area contributed by atoms with Crippen LogP contribution < -0.4 is 4.57 Å². The van der Waals surface area contributed by atoms with Crippen molar-refractivity contribution in [1.82, 2.24) is 0 Å². The Labute approximate surface area is 111 Å². The molecule has 3 heteroatoms. The highest BCUT2D eigenvalue weighted by molar-refractivity contribution is 6.30. The molecule has 0 unspecified atom stereocenters. The number of ketones is 1. The van der Waals surface area contributed by atoms with Gasteiger partial charge < -0.3 is 0 Å². The summed E-state index contributed by atoms with van der Waals surface area (Å²) < 4.78 is 1.85. The van der Waals surface area contributed by atoms with Crippen molar-refractivity contribution < 1.29 is 9.36 Å². The maximum atomic E-state index is 11.9. The summed E-state index contributed by atoms with van der Waals surface area (Å²) in [6.07, 6.45) is 7.12. The number of aryl methyl sites for hydroxylation is 1. The number of hydrogen-bond acceptors (Lipinski definition) is 1. The molecule has 1 aromatic heterocycles. The average Bonchev–Trinajstić information content (AvgIpc) is 2.37. The van der Waals surface area contributed by atoms with Gasteiger partial charge in [-0.05, 0) is 37.3 Å². The summed E-state index contributed by atoms with van der Waals surface area (Å²) in [5.41, 5.74) is 1.77. The molecule has 0 saturated carbocycles. The van der Waals surface area contributed by atoms with Gasteiger partial charge in [-0.3, -0.25) is 4.79 Å². The molecule has 90 valence electrons. The molecule has 0 aliphatic rings. The fourth-order valence-corrected chi connectivity index (χ4v) is 1.70. The van der Waals surface area contributed by atoms with Crippen LogP contribution in [-0.2, 0) is 0 Å². The van der Waals surface area contributed by atoms with Gasteiger partial charge in [-0.15, -0.1) is 0 Å². The average molecular weight is 259 g/mol. The van der Waals surface area contributed by atoms with Crippen LogP contribution in [0.2, 0.25) is 5.02 Å². The molecule has 0 radical (unpaired) electrons. The molecule has 0 saturated heterocycles. The Morgan fingerprint density at radius 3 is 2.61 bits per heavy atom. The summed E-state index contributed by atoms with van der Waals surface area (Å²) in [5.74, 6) is -0.0410. The van der Waals surface area contributed by atoms with Gasteiger partial charge in [-0.25, -0.2) is 0 Å². The molecule has 1 heterocycles. The Morgan fingerprint density at radius 1 is 1.22 bits per heavy atom. The first-order chi connectivity index (χ1) is 8.65. The predicted octanol–water partition coefficient (Wildman–Crippen LogP) is 3.29. The Morgan fingerprint density at radius 2 is 1.94 bits per heavy atom. The van der Waals surface area contributed by atoms with Gasteiger partial charge in [0.2, 0.25) is 0 Å². The number of halogens is 1. The number of carbonyl (C=O) groups excluding carboxylic acids is 1. The number of rotatable bonds is 3. The van der Waals surface area contributed by atoms with E-state index in [0.29, 0.717) is 10.6 Å². The van der Waals surface area contributed by atoms with Gasteiger partial charge in [0.05, 0.1) is 6.08 Å². The molecule has 2 aromatic rings. The molecule has 1 aromatic carbocycles. The van der Waals surface area contributed by atoms with Crippen molar-refractivity contribution in [1.29, 1.82) is 0 Å². The van der Waals surface area contributed by atoms with E-state index in [-0.39, 0.29) is 5.78 Å². The SMILES string of the molecule is Cc1ccc[n+](/C=C\C(=O)c2ccc(Cl)cc2)c1. The van der Waals surface area contributed by atoms with Gasteiger partial charge in [-0.1, -0.05) is 11.6 Å². The number of carbonyl (C=O) groups is 1. The molecule has 2 rings (SSSR count). The van der Waals surface area contributed by atoms with E-state index in [1.54, 1.807) is 36.5 Å². The highest BCUT2D eigenvalue weighted by Gasteiger charge is 2.03. The van der Waals surface area contributed by atoms with Crippen molar-refractivity contribution in [2.24, 2.45) is 0 Å². The molecule has 0 aliphatic heterocycles. The highest BCUT2D eigenvalue weighted by atomic mass is 35.5. The van der Waals surface area contributed by atoms with E-state index in [1.165, 1.54) is 0 Å². The van der Waals surface area contributed by atoms with E-state index in [2.05, 4.69) is 0 Å². The number of benzene rings is 1. The van der Waals surface area contributed by atoms with Gasteiger partial charge in [0.25, 0.3) is 0 Å². The maximum absolute atomic E-state index is 11.9. The number of aromatic nitrogens is 1. The van der Waals surface area contributed by atoms with Crippen LogP contribution in [0, 0.1) is 6.92 Å². The molecule has 0 fully saturated rings. The Bertz CT molecular complexity index is 588. The smallest absolute Gasteiger partial charge is 0.191 e. The number of hydrogen-bond donors (Lipinski definition) is 0. The number of pyridine rings is 1. The van der Waals surface area contributed by atoms with Crippen LogP contribution in [0.3, 0.4) is 0 Å². The minimum Gasteiger partial charge on any atom is -0.289 e. The molecule has 0 amide bonds. The van der Waals surface area contributed by atoms with Gasteiger partial charge in [-0.2, -0.15) is 4.57 Å². The quantitative estimate of drug-likeness (QED) is 0.470. The first-order valence-electron chi connectivity index (χ1n) is 5.61. The third-order valence-electron chi connectivity index (χ3n) is 2.50. The minimum atomic E-state index is -0.0410. The minimum absolute atomic E-state index is 0.0410. The summed E-state index contributed by atoms with van der Waals surface area (Å²) in [5, 5.41) is 0.628. The Hall–Kier alpha value is -1.93. The van der Waals surface area contributed by atoms with Gasteiger partial charge in [0, 0.05) is 22.2 Å². The molecule has 0 bridgehead atoms. The second kappa shape index (κ2) is 5.61. The first-order valence-corrected chi connectivity index (χ1v) is 5.98. The van der Waals surface area contributed by atoms with E-state index >= 15 is 0 Å². The number of allylic oxidation sites excluding steroid dienone is 1. The zero-order valence-electron chi connectivity index (χ0n) is 10.0. The monoisotopic (exact) mass is 258 g/mol. The summed E-state index contributed by atoms with van der Waals surface area (Å²) in [4.78, 5) is 11.9. The molecular weight excluding hydrogens is 246 g/mol. The molecule has 18 heavy (non-hydrogen) atoms. The van der Waals surface area contributed by atoms with E-state index in [0.717, 1.165) is 5.56 Å². The predicted molar refractivity (Wildman–Crippen MR) is 72.5 cm³/mol.